The molecule has 1 aromatic rings. The van der Waals surface area contributed by atoms with Crippen molar-refractivity contribution >= 4 is 75.4 Å². The molecule has 0 aromatic carbocycles. The Morgan fingerprint density at radius 1 is 1.23 bits per heavy atom. The number of carboxylic acids is 2. The highest BCUT2D eigenvalue weighted by Gasteiger charge is 2.54. The maximum absolute atomic E-state index is 13.0. The fourth-order valence-electron chi connectivity index (χ4n) is 4.32. The van der Waals surface area contributed by atoms with Crippen LogP contribution in [0.3, 0.4) is 0 Å². The van der Waals surface area contributed by atoms with Gasteiger partial charge in [-0.1, -0.05) is 36.2 Å². The average molecular weight is 611 g/mol. The van der Waals surface area contributed by atoms with E-state index >= 15 is 0 Å². The summed E-state index contributed by atoms with van der Waals surface area (Å²) in [5.74, 6) is -4.18. The highest BCUT2D eigenvalue weighted by atomic mass is 32.2. The molecule has 0 spiro atoms. The second-order valence-corrected chi connectivity index (χ2v) is 11.9. The molecule has 3 heterocycles. The summed E-state index contributed by atoms with van der Waals surface area (Å²) in [7, 11) is 0. The zero-order valence-corrected chi connectivity index (χ0v) is 23.4. The number of hydrogen-bond donors (Lipinski definition) is 5. The van der Waals surface area contributed by atoms with Gasteiger partial charge < -0.3 is 31.4 Å². The van der Waals surface area contributed by atoms with E-state index in [1.807, 2.05) is 0 Å². The first-order valence-electron chi connectivity index (χ1n) is 12.1. The number of aliphatic carboxylic acids is 2. The molecule has 2 fully saturated rings. The minimum Gasteiger partial charge on any atom is -0.479 e. The molecule has 0 bridgehead atoms. The summed E-state index contributed by atoms with van der Waals surface area (Å²) < 4.78 is 0. The minimum atomic E-state index is -1.31. The van der Waals surface area contributed by atoms with Gasteiger partial charge in [-0.25, -0.2) is 14.6 Å². The van der Waals surface area contributed by atoms with Gasteiger partial charge in [-0.15, -0.1) is 23.1 Å². The van der Waals surface area contributed by atoms with E-state index in [9.17, 15) is 29.1 Å². The third-order valence-corrected chi connectivity index (χ3v) is 9.16. The number of aromatic nitrogens is 1. The molecule has 2 aliphatic heterocycles. The lowest BCUT2D eigenvalue weighted by molar-refractivity contribution is -0.150. The normalized spacial score (nSPS) is 21.6. The van der Waals surface area contributed by atoms with Crippen LogP contribution in [0.25, 0.3) is 0 Å². The lowest BCUT2D eigenvalue weighted by Gasteiger charge is -2.49. The molecule has 4 rings (SSSR count). The first-order chi connectivity index (χ1) is 19.2. The van der Waals surface area contributed by atoms with E-state index in [1.54, 1.807) is 0 Å². The van der Waals surface area contributed by atoms with Gasteiger partial charge in [0.15, 0.2) is 10.8 Å². The maximum atomic E-state index is 13.0. The van der Waals surface area contributed by atoms with E-state index in [1.165, 1.54) is 35.0 Å². The quantitative estimate of drug-likeness (QED) is 0.102. The number of anilines is 1. The molecule has 3 aliphatic rings. The van der Waals surface area contributed by atoms with Crippen molar-refractivity contribution in [3.05, 3.63) is 33.2 Å². The number of thioether (sulfide) groups is 2. The van der Waals surface area contributed by atoms with Crippen molar-refractivity contribution in [3.63, 3.8) is 0 Å². The standard InChI is InChI=1S/C23H26N6O8S3/c24-23-26-12(9-40-23)16(28-37-8-15(31)32)19(33)27-17-20(34)29-18(22(35)36)13(10-39-21(17)29)38-7-6-14(30)25-11-4-2-1-3-5-11/h6-7,9,11,17,21H,1-5,8,10H2,(H2,24,26)(H,25,30)(H,27,33)(H,31,32)(H,35,36)/b7-6-,28-16-/t17-,21-/m1/s1. The number of amides is 3. The Hall–Kier alpha value is -3.57. The number of nitrogens with two attached hydrogens (primary N) is 1. The molecule has 0 radical (unpaired) electrons. The SMILES string of the molecule is Nc1nc(/C(=N/OCC(=O)O)C(=O)N[C@@H]2C(=O)N3C(C(=O)O)=C(S/C=C\C(=O)NC4CCCCC4)CS[C@H]23)cs1. The Balaban J connectivity index is 1.42. The number of fused-ring (bicyclic) bond motifs is 1. The summed E-state index contributed by atoms with van der Waals surface area (Å²) >= 11 is 3.32. The van der Waals surface area contributed by atoms with Crippen molar-refractivity contribution < 1.29 is 39.0 Å². The summed E-state index contributed by atoms with van der Waals surface area (Å²) in [5.41, 5.74) is 5.04. The van der Waals surface area contributed by atoms with E-state index in [0.29, 0.717) is 4.91 Å². The molecule has 14 nitrogen and oxygen atoms in total. The number of β-lactam (4-membered cyclic amide) rings is 1. The smallest absolute Gasteiger partial charge is 0.353 e. The predicted molar refractivity (Wildman–Crippen MR) is 148 cm³/mol. The van der Waals surface area contributed by atoms with Gasteiger partial charge in [0.05, 0.1) is 0 Å². The number of hydrogen-bond acceptors (Lipinski definition) is 12. The molecule has 6 N–H and O–H groups in total. The van der Waals surface area contributed by atoms with E-state index in [4.69, 9.17) is 15.7 Å². The van der Waals surface area contributed by atoms with E-state index in [-0.39, 0.29) is 39.9 Å². The minimum absolute atomic E-state index is 0.0226. The fourth-order valence-corrected chi connectivity index (χ4v) is 7.19. The number of carbonyl (C=O) groups is 5. The monoisotopic (exact) mass is 610 g/mol. The number of nitrogen functional groups attached to an aromatic ring is 1. The molecule has 0 unspecified atom stereocenters. The Morgan fingerprint density at radius 3 is 2.62 bits per heavy atom. The summed E-state index contributed by atoms with van der Waals surface area (Å²) in [6, 6.07) is -0.931. The molecule has 1 saturated carbocycles. The van der Waals surface area contributed by atoms with Gasteiger partial charge in [0.25, 0.3) is 11.8 Å². The Kier molecular flexibility index (Phi) is 9.70. The Bertz CT molecular complexity index is 1290. The van der Waals surface area contributed by atoms with Gasteiger partial charge in [-0.3, -0.25) is 19.3 Å². The highest BCUT2D eigenvalue weighted by Crippen LogP contribution is 2.43. The molecule has 2 atom stereocenters. The summed E-state index contributed by atoms with van der Waals surface area (Å²) in [5, 5.41) is 30.0. The fraction of sp³-hybridized carbons (Fsp3) is 0.435. The highest BCUT2D eigenvalue weighted by molar-refractivity contribution is 8.08. The van der Waals surface area contributed by atoms with Crippen LogP contribution >= 0.6 is 34.9 Å². The number of carbonyl (C=O) groups excluding carboxylic acids is 3. The molecule has 17 heteroatoms. The van der Waals surface area contributed by atoms with Gasteiger partial charge in [0, 0.05) is 28.2 Å². The van der Waals surface area contributed by atoms with Gasteiger partial charge in [-0.2, -0.15) is 0 Å². The van der Waals surface area contributed by atoms with Crippen LogP contribution in [0.4, 0.5) is 5.13 Å². The topological polar surface area (TPSA) is 214 Å². The second kappa shape index (κ2) is 13.2. The van der Waals surface area contributed by atoms with Gasteiger partial charge >= 0.3 is 11.9 Å². The van der Waals surface area contributed by atoms with Crippen molar-refractivity contribution in [1.29, 1.82) is 0 Å². The van der Waals surface area contributed by atoms with Gasteiger partial charge in [0.2, 0.25) is 12.5 Å². The van der Waals surface area contributed by atoms with Crippen LogP contribution in [-0.2, 0) is 28.8 Å². The molecular formula is C23H26N6O8S3. The number of nitrogens with zero attached hydrogens (tertiary/aromatic N) is 3. The first kappa shape index (κ1) is 29.4. The van der Waals surface area contributed by atoms with Crippen LogP contribution in [0.2, 0.25) is 0 Å². The zero-order valence-electron chi connectivity index (χ0n) is 20.9. The third kappa shape index (κ3) is 6.95. The van der Waals surface area contributed by atoms with Crippen LogP contribution < -0.4 is 16.4 Å². The average Bonchev–Trinajstić information content (AvgIpc) is 3.35. The molecular weight excluding hydrogens is 584 g/mol. The van der Waals surface area contributed by atoms with E-state index in [0.717, 1.165) is 53.7 Å². The number of oxime groups is 1. The lowest BCUT2D eigenvalue weighted by atomic mass is 9.95. The molecule has 1 saturated heterocycles. The van der Waals surface area contributed by atoms with E-state index < -0.39 is 41.8 Å². The molecule has 3 amide bonds. The van der Waals surface area contributed by atoms with E-state index in [2.05, 4.69) is 20.8 Å². The van der Waals surface area contributed by atoms with Crippen molar-refractivity contribution in [2.24, 2.45) is 5.16 Å². The van der Waals surface area contributed by atoms with Crippen LogP contribution in [0, 0.1) is 0 Å². The van der Waals surface area contributed by atoms with Crippen LogP contribution in [0.15, 0.2) is 32.6 Å². The lowest BCUT2D eigenvalue weighted by Crippen LogP contribution is -2.71. The molecule has 214 valence electrons. The largest absolute Gasteiger partial charge is 0.479 e. The maximum Gasteiger partial charge on any atom is 0.353 e. The van der Waals surface area contributed by atoms with Gasteiger partial charge in [0.1, 0.15) is 22.8 Å². The first-order valence-corrected chi connectivity index (χ1v) is 14.9. The predicted octanol–water partition coefficient (Wildman–Crippen LogP) is 0.923. The van der Waals surface area contributed by atoms with Crippen LogP contribution in [-0.4, -0.2) is 85.3 Å². The second-order valence-electron chi connectivity index (χ2n) is 8.88. The van der Waals surface area contributed by atoms with Crippen molar-refractivity contribution in [3.8, 4) is 0 Å². The molecule has 1 aromatic heterocycles. The summed E-state index contributed by atoms with van der Waals surface area (Å²) in [6.45, 7) is -0.811. The number of nitrogens with one attached hydrogen (secondary N) is 2. The molecule has 1 aliphatic carbocycles. The Labute approximate surface area is 240 Å². The summed E-state index contributed by atoms with van der Waals surface area (Å²) in [4.78, 5) is 71.2. The zero-order chi connectivity index (χ0) is 28.8. The Morgan fingerprint density at radius 2 is 1.98 bits per heavy atom. The van der Waals surface area contributed by atoms with Crippen molar-refractivity contribution in [1.82, 2.24) is 20.5 Å². The third-order valence-electron chi connectivity index (χ3n) is 6.13. The summed E-state index contributed by atoms with van der Waals surface area (Å²) in [6.07, 6.45) is 6.55. The number of carboxylic acid groups (broad SMARTS) is 2. The van der Waals surface area contributed by atoms with Crippen LogP contribution in [0.1, 0.15) is 37.8 Å². The van der Waals surface area contributed by atoms with Gasteiger partial charge in [-0.05, 0) is 18.2 Å². The van der Waals surface area contributed by atoms with Crippen molar-refractivity contribution in [2.45, 2.75) is 49.6 Å². The van der Waals surface area contributed by atoms with Crippen molar-refractivity contribution in [2.75, 3.05) is 18.1 Å². The van der Waals surface area contributed by atoms with Crippen LogP contribution in [0.5, 0.6) is 0 Å². The number of thiazole rings is 1. The molecule has 40 heavy (non-hydrogen) atoms. The number of rotatable bonds is 11.